The molecule has 0 saturated heterocycles. The molecule has 1 aliphatic heterocycles. The Kier molecular flexibility index (Phi) is 5.58. The van der Waals surface area contributed by atoms with Gasteiger partial charge in [0.2, 0.25) is 0 Å². The number of ether oxygens (including phenoxy) is 2. The van der Waals surface area contributed by atoms with Gasteiger partial charge in [0.15, 0.2) is 11.5 Å². The van der Waals surface area contributed by atoms with Crippen molar-refractivity contribution in [3.05, 3.63) is 89.0 Å². The number of carbonyl (C=O) groups is 2. The first-order valence-corrected chi connectivity index (χ1v) is 10.1. The van der Waals surface area contributed by atoms with Crippen molar-refractivity contribution in [2.45, 2.75) is 13.8 Å². The third-order valence-corrected chi connectivity index (χ3v) is 5.24. The lowest BCUT2D eigenvalue weighted by Gasteiger charge is -2.29. The number of para-hydroxylation sites is 1. The first-order chi connectivity index (χ1) is 15.0. The summed E-state index contributed by atoms with van der Waals surface area (Å²) in [5.74, 6) is 0.543. The molecule has 0 N–H and O–H groups in total. The largest absolute Gasteiger partial charge is 0.493 e. The predicted octanol–water partition coefficient (Wildman–Crippen LogP) is 5.13. The van der Waals surface area contributed by atoms with E-state index in [1.165, 1.54) is 4.90 Å². The summed E-state index contributed by atoms with van der Waals surface area (Å²) in [5.41, 5.74) is 3.78. The highest BCUT2D eigenvalue weighted by Gasteiger charge is 2.36. The van der Waals surface area contributed by atoms with E-state index in [0.717, 1.165) is 11.1 Å². The van der Waals surface area contributed by atoms with Crippen molar-refractivity contribution in [3.8, 4) is 11.5 Å². The SMILES string of the molecule is CCOc1ccc(/C=C2/C(=O)N(c3ccccc3C)C(=O)c3ccccc32)cc1OC. The van der Waals surface area contributed by atoms with Crippen molar-refractivity contribution in [2.24, 2.45) is 0 Å². The van der Waals surface area contributed by atoms with E-state index < -0.39 is 0 Å². The standard InChI is InChI=1S/C26H23NO4/c1-4-31-23-14-13-18(16-24(23)30-3)15-21-19-10-6-7-11-20(19)25(28)27(26(21)29)22-12-8-5-9-17(22)2/h5-16H,4H2,1-3H3/b21-15+. The van der Waals surface area contributed by atoms with Gasteiger partial charge in [0.05, 0.1) is 19.4 Å². The molecule has 2 amide bonds. The van der Waals surface area contributed by atoms with Crippen LogP contribution < -0.4 is 14.4 Å². The van der Waals surface area contributed by atoms with Gasteiger partial charge in [-0.2, -0.15) is 0 Å². The molecule has 31 heavy (non-hydrogen) atoms. The number of carbonyl (C=O) groups excluding carboxylic acids is 2. The Morgan fingerprint density at radius 2 is 1.58 bits per heavy atom. The maximum atomic E-state index is 13.6. The van der Waals surface area contributed by atoms with Crippen LogP contribution in [0.1, 0.15) is 34.0 Å². The lowest BCUT2D eigenvalue weighted by molar-refractivity contribution is -0.112. The third-order valence-electron chi connectivity index (χ3n) is 5.24. The van der Waals surface area contributed by atoms with Crippen molar-refractivity contribution < 1.29 is 19.1 Å². The van der Waals surface area contributed by atoms with E-state index in [2.05, 4.69) is 0 Å². The van der Waals surface area contributed by atoms with Gasteiger partial charge in [-0.25, -0.2) is 4.90 Å². The fraction of sp³-hybridized carbons (Fsp3) is 0.154. The molecule has 4 rings (SSSR count). The number of imide groups is 1. The Bertz CT molecular complexity index is 1200. The Balaban J connectivity index is 1.87. The Morgan fingerprint density at radius 3 is 2.29 bits per heavy atom. The van der Waals surface area contributed by atoms with Crippen molar-refractivity contribution in [1.82, 2.24) is 0 Å². The highest BCUT2D eigenvalue weighted by atomic mass is 16.5. The number of hydrogen-bond acceptors (Lipinski definition) is 4. The molecule has 0 spiro atoms. The van der Waals surface area contributed by atoms with Crippen LogP contribution in [0, 0.1) is 6.92 Å². The summed E-state index contributed by atoms with van der Waals surface area (Å²) in [5, 5.41) is 0. The first-order valence-electron chi connectivity index (χ1n) is 10.1. The van der Waals surface area contributed by atoms with Gasteiger partial charge < -0.3 is 9.47 Å². The average molecular weight is 413 g/mol. The number of nitrogens with zero attached hydrogens (tertiary/aromatic N) is 1. The fourth-order valence-electron chi connectivity index (χ4n) is 3.74. The Morgan fingerprint density at radius 1 is 0.871 bits per heavy atom. The predicted molar refractivity (Wildman–Crippen MR) is 121 cm³/mol. The summed E-state index contributed by atoms with van der Waals surface area (Å²) in [6.45, 7) is 4.32. The lowest BCUT2D eigenvalue weighted by atomic mass is 9.91. The number of benzene rings is 3. The zero-order valence-corrected chi connectivity index (χ0v) is 17.7. The van der Waals surface area contributed by atoms with E-state index >= 15 is 0 Å². The quantitative estimate of drug-likeness (QED) is 0.430. The molecule has 1 heterocycles. The second-order valence-electron chi connectivity index (χ2n) is 7.18. The number of fused-ring (bicyclic) bond motifs is 1. The number of hydrogen-bond donors (Lipinski definition) is 0. The van der Waals surface area contributed by atoms with Crippen LogP contribution in [0.5, 0.6) is 11.5 Å². The molecule has 5 heteroatoms. The minimum atomic E-state index is -0.356. The van der Waals surface area contributed by atoms with Crippen LogP contribution in [0.25, 0.3) is 11.6 Å². The monoisotopic (exact) mass is 413 g/mol. The molecule has 0 saturated carbocycles. The Hall–Kier alpha value is -3.86. The van der Waals surface area contributed by atoms with Gasteiger partial charge in [-0.15, -0.1) is 0 Å². The van der Waals surface area contributed by atoms with Gasteiger partial charge in [-0.1, -0.05) is 42.5 Å². The molecule has 0 radical (unpaired) electrons. The maximum absolute atomic E-state index is 13.6. The summed E-state index contributed by atoms with van der Waals surface area (Å²) in [6.07, 6.45) is 1.79. The van der Waals surface area contributed by atoms with Crippen molar-refractivity contribution in [3.63, 3.8) is 0 Å². The molecule has 5 nitrogen and oxygen atoms in total. The molecule has 0 unspecified atom stereocenters. The average Bonchev–Trinajstić information content (AvgIpc) is 2.79. The van der Waals surface area contributed by atoms with Gasteiger partial charge in [-0.05, 0) is 60.9 Å². The van der Waals surface area contributed by atoms with E-state index in [0.29, 0.717) is 40.5 Å². The van der Waals surface area contributed by atoms with E-state index in [-0.39, 0.29) is 11.8 Å². The Labute approximate surface area is 181 Å². The lowest BCUT2D eigenvalue weighted by Crippen LogP contribution is -2.42. The van der Waals surface area contributed by atoms with Crippen molar-refractivity contribution in [2.75, 3.05) is 18.6 Å². The molecule has 0 aromatic heterocycles. The molecule has 0 bridgehead atoms. The van der Waals surface area contributed by atoms with Crippen LogP contribution in [0.4, 0.5) is 5.69 Å². The van der Waals surface area contributed by atoms with Crippen LogP contribution in [0.2, 0.25) is 0 Å². The van der Waals surface area contributed by atoms with Crippen LogP contribution >= 0.6 is 0 Å². The summed E-state index contributed by atoms with van der Waals surface area (Å²) in [6, 6.07) is 20.1. The smallest absolute Gasteiger partial charge is 0.265 e. The number of aryl methyl sites for hydroxylation is 1. The summed E-state index contributed by atoms with van der Waals surface area (Å²) in [4.78, 5) is 28.1. The van der Waals surface area contributed by atoms with Crippen molar-refractivity contribution in [1.29, 1.82) is 0 Å². The second kappa shape index (κ2) is 8.48. The number of amides is 2. The zero-order chi connectivity index (χ0) is 22.0. The minimum Gasteiger partial charge on any atom is -0.493 e. The van der Waals surface area contributed by atoms with Crippen LogP contribution in [-0.2, 0) is 4.79 Å². The van der Waals surface area contributed by atoms with Crippen LogP contribution in [-0.4, -0.2) is 25.5 Å². The van der Waals surface area contributed by atoms with Crippen LogP contribution in [0.3, 0.4) is 0 Å². The van der Waals surface area contributed by atoms with E-state index in [1.807, 2.05) is 56.3 Å². The van der Waals surface area contributed by atoms with E-state index in [1.54, 1.807) is 37.5 Å². The molecule has 0 atom stereocenters. The minimum absolute atomic E-state index is 0.323. The van der Waals surface area contributed by atoms with Crippen LogP contribution in [0.15, 0.2) is 66.7 Å². The summed E-state index contributed by atoms with van der Waals surface area (Å²) >= 11 is 0. The van der Waals surface area contributed by atoms with E-state index in [4.69, 9.17) is 9.47 Å². The molecular weight excluding hydrogens is 390 g/mol. The zero-order valence-electron chi connectivity index (χ0n) is 17.7. The summed E-state index contributed by atoms with van der Waals surface area (Å²) < 4.78 is 11.0. The van der Waals surface area contributed by atoms with Gasteiger partial charge in [0.1, 0.15) is 0 Å². The maximum Gasteiger partial charge on any atom is 0.265 e. The van der Waals surface area contributed by atoms with Gasteiger partial charge in [0.25, 0.3) is 11.8 Å². The molecule has 3 aromatic rings. The van der Waals surface area contributed by atoms with Gasteiger partial charge in [-0.3, -0.25) is 9.59 Å². The number of methoxy groups -OCH3 is 1. The van der Waals surface area contributed by atoms with Gasteiger partial charge in [0, 0.05) is 11.1 Å². The molecule has 0 fully saturated rings. The topological polar surface area (TPSA) is 55.8 Å². The number of anilines is 1. The number of rotatable bonds is 5. The van der Waals surface area contributed by atoms with E-state index in [9.17, 15) is 9.59 Å². The molecule has 3 aromatic carbocycles. The fourth-order valence-corrected chi connectivity index (χ4v) is 3.74. The highest BCUT2D eigenvalue weighted by Crippen LogP contribution is 2.36. The summed E-state index contributed by atoms with van der Waals surface area (Å²) in [7, 11) is 1.58. The van der Waals surface area contributed by atoms with Crippen molar-refractivity contribution >= 4 is 29.2 Å². The molecule has 1 aliphatic rings. The molecular formula is C26H23NO4. The third kappa shape index (κ3) is 3.70. The first kappa shape index (κ1) is 20.4. The van der Waals surface area contributed by atoms with Gasteiger partial charge >= 0.3 is 0 Å². The second-order valence-corrected chi connectivity index (χ2v) is 7.18. The normalized spacial score (nSPS) is 14.5. The molecule has 156 valence electrons. The molecule has 0 aliphatic carbocycles. The highest BCUT2D eigenvalue weighted by molar-refractivity contribution is 6.43.